The molecule has 1 unspecified atom stereocenters. The molecule has 1 N–H and O–H groups in total. The van der Waals surface area contributed by atoms with Crippen LogP contribution in [0, 0.1) is 0 Å². The highest BCUT2D eigenvalue weighted by Gasteiger charge is 2.24. The van der Waals surface area contributed by atoms with Gasteiger partial charge in [-0.15, -0.1) is 0 Å². The molecule has 1 atom stereocenters. The van der Waals surface area contributed by atoms with Gasteiger partial charge in [0.1, 0.15) is 0 Å². The highest BCUT2D eigenvalue weighted by molar-refractivity contribution is 9.10. The Labute approximate surface area is 117 Å². The lowest BCUT2D eigenvalue weighted by Gasteiger charge is -2.20. The van der Waals surface area contributed by atoms with Gasteiger partial charge in [0.25, 0.3) is 0 Å². The van der Waals surface area contributed by atoms with E-state index in [1.165, 1.54) is 24.0 Å². The number of rotatable bonds is 4. The topological polar surface area (TPSA) is 30.5 Å². The zero-order valence-electron chi connectivity index (χ0n) is 11.2. The molecule has 18 heavy (non-hydrogen) atoms. The van der Waals surface area contributed by atoms with Crippen LogP contribution < -0.4 is 14.8 Å². The lowest BCUT2D eigenvalue weighted by molar-refractivity contribution is 0.351. The second-order valence-electron chi connectivity index (χ2n) is 4.50. The quantitative estimate of drug-likeness (QED) is 0.923. The van der Waals surface area contributed by atoms with Crippen molar-refractivity contribution in [2.24, 2.45) is 0 Å². The molecule has 1 aliphatic heterocycles. The summed E-state index contributed by atoms with van der Waals surface area (Å²) < 4.78 is 11.9. The molecule has 0 saturated carbocycles. The molecule has 1 heterocycles. The smallest absolute Gasteiger partial charge is 0.175 e. The van der Waals surface area contributed by atoms with Crippen LogP contribution in [-0.2, 0) is 6.42 Å². The first-order valence-electron chi connectivity index (χ1n) is 6.39. The van der Waals surface area contributed by atoms with Gasteiger partial charge in [-0.25, -0.2) is 0 Å². The van der Waals surface area contributed by atoms with E-state index < -0.39 is 0 Å². The molecule has 1 fully saturated rings. The minimum atomic E-state index is 0.441. The number of nitrogens with one attached hydrogen (secondary N) is 1. The molecule has 1 aromatic rings. The molecule has 0 spiro atoms. The van der Waals surface area contributed by atoms with Gasteiger partial charge in [-0.2, -0.15) is 0 Å². The first-order valence-corrected chi connectivity index (χ1v) is 7.18. The number of hydrogen-bond donors (Lipinski definition) is 1. The van der Waals surface area contributed by atoms with Gasteiger partial charge in [-0.1, -0.05) is 6.92 Å². The highest BCUT2D eigenvalue weighted by Crippen LogP contribution is 2.43. The predicted molar refractivity (Wildman–Crippen MR) is 76.6 cm³/mol. The van der Waals surface area contributed by atoms with Gasteiger partial charge in [-0.3, -0.25) is 0 Å². The van der Waals surface area contributed by atoms with Crippen molar-refractivity contribution in [2.45, 2.75) is 32.2 Å². The Morgan fingerprint density at radius 1 is 1.39 bits per heavy atom. The lowest BCUT2D eigenvalue weighted by Crippen LogP contribution is -2.15. The summed E-state index contributed by atoms with van der Waals surface area (Å²) in [4.78, 5) is 0. The minimum Gasteiger partial charge on any atom is -0.493 e. The molecule has 0 aliphatic carbocycles. The van der Waals surface area contributed by atoms with Crippen LogP contribution in [0.15, 0.2) is 10.5 Å². The molecular formula is C14H20BrNO2. The molecular weight excluding hydrogens is 294 g/mol. The number of hydrogen-bond acceptors (Lipinski definition) is 3. The summed E-state index contributed by atoms with van der Waals surface area (Å²) in [5.41, 5.74) is 2.64. The van der Waals surface area contributed by atoms with Gasteiger partial charge in [0.05, 0.1) is 18.7 Å². The third-order valence-corrected chi connectivity index (χ3v) is 4.38. The van der Waals surface area contributed by atoms with Crippen LogP contribution in [-0.4, -0.2) is 20.8 Å². The van der Waals surface area contributed by atoms with E-state index in [0.717, 1.165) is 28.9 Å². The van der Waals surface area contributed by atoms with Gasteiger partial charge in [0.15, 0.2) is 11.5 Å². The van der Waals surface area contributed by atoms with E-state index in [4.69, 9.17) is 9.47 Å². The summed E-state index contributed by atoms with van der Waals surface area (Å²) >= 11 is 3.66. The van der Waals surface area contributed by atoms with Crippen molar-refractivity contribution >= 4 is 15.9 Å². The fourth-order valence-corrected chi connectivity index (χ4v) is 3.49. The summed E-state index contributed by atoms with van der Waals surface area (Å²) in [5.74, 6) is 1.58. The molecule has 1 aliphatic rings. The van der Waals surface area contributed by atoms with E-state index in [1.807, 2.05) is 0 Å². The maximum Gasteiger partial charge on any atom is 0.175 e. The minimum absolute atomic E-state index is 0.441. The summed E-state index contributed by atoms with van der Waals surface area (Å²) in [5, 5.41) is 3.55. The van der Waals surface area contributed by atoms with E-state index in [-0.39, 0.29) is 0 Å². The van der Waals surface area contributed by atoms with Crippen LogP contribution in [0.5, 0.6) is 11.5 Å². The van der Waals surface area contributed by atoms with E-state index in [0.29, 0.717) is 6.04 Å². The summed E-state index contributed by atoms with van der Waals surface area (Å²) in [7, 11) is 3.36. The molecule has 4 heteroatoms. The maximum absolute atomic E-state index is 5.43. The number of ether oxygens (including phenoxy) is 2. The molecule has 1 saturated heterocycles. The largest absolute Gasteiger partial charge is 0.493 e. The lowest BCUT2D eigenvalue weighted by atomic mass is 9.96. The average Bonchev–Trinajstić information content (AvgIpc) is 2.91. The second kappa shape index (κ2) is 5.93. The van der Waals surface area contributed by atoms with Gasteiger partial charge >= 0.3 is 0 Å². The van der Waals surface area contributed by atoms with Gasteiger partial charge in [0, 0.05) is 6.04 Å². The van der Waals surface area contributed by atoms with Gasteiger partial charge in [-0.05, 0) is 58.9 Å². The first kappa shape index (κ1) is 13.7. The molecule has 3 nitrogen and oxygen atoms in total. The molecule has 0 aromatic heterocycles. The average molecular weight is 314 g/mol. The Balaban J connectivity index is 2.53. The van der Waals surface area contributed by atoms with Gasteiger partial charge < -0.3 is 14.8 Å². The van der Waals surface area contributed by atoms with Gasteiger partial charge in [0.2, 0.25) is 0 Å². The van der Waals surface area contributed by atoms with E-state index in [2.05, 4.69) is 34.2 Å². The van der Waals surface area contributed by atoms with Crippen LogP contribution in [0.1, 0.15) is 36.9 Å². The van der Waals surface area contributed by atoms with Crippen molar-refractivity contribution in [3.8, 4) is 11.5 Å². The van der Waals surface area contributed by atoms with Crippen LogP contribution in [0.25, 0.3) is 0 Å². The Bertz CT molecular complexity index is 428. The van der Waals surface area contributed by atoms with Crippen LogP contribution in [0.2, 0.25) is 0 Å². The fraction of sp³-hybridized carbons (Fsp3) is 0.571. The monoisotopic (exact) mass is 313 g/mol. The van der Waals surface area contributed by atoms with E-state index >= 15 is 0 Å². The van der Waals surface area contributed by atoms with Crippen molar-refractivity contribution in [1.82, 2.24) is 5.32 Å². The molecule has 0 amide bonds. The Hall–Kier alpha value is -0.740. The predicted octanol–water partition coefficient (Wildman–Crippen LogP) is 3.45. The van der Waals surface area contributed by atoms with Crippen molar-refractivity contribution < 1.29 is 9.47 Å². The standard InChI is InChI=1S/C14H20BrNO2/c1-4-9-10(11-6-5-7-16-11)8-12(17-2)14(18-3)13(9)15/h8,11,16H,4-7H2,1-3H3. The molecule has 0 radical (unpaired) electrons. The van der Waals surface area contributed by atoms with Crippen LogP contribution in [0.4, 0.5) is 0 Å². The number of benzene rings is 1. The third kappa shape index (κ3) is 2.36. The Morgan fingerprint density at radius 3 is 2.67 bits per heavy atom. The zero-order valence-corrected chi connectivity index (χ0v) is 12.8. The van der Waals surface area contributed by atoms with Crippen LogP contribution in [0.3, 0.4) is 0 Å². The van der Waals surface area contributed by atoms with E-state index in [1.54, 1.807) is 14.2 Å². The summed E-state index contributed by atoms with van der Waals surface area (Å²) in [6.07, 6.45) is 3.41. The maximum atomic E-state index is 5.43. The third-order valence-electron chi connectivity index (χ3n) is 3.54. The Kier molecular flexibility index (Phi) is 4.51. The second-order valence-corrected chi connectivity index (χ2v) is 5.29. The first-order chi connectivity index (χ1) is 8.72. The molecule has 100 valence electrons. The van der Waals surface area contributed by atoms with Crippen LogP contribution >= 0.6 is 15.9 Å². The summed E-state index contributed by atoms with van der Waals surface area (Å²) in [6.45, 7) is 3.27. The fourth-order valence-electron chi connectivity index (χ4n) is 2.63. The SMILES string of the molecule is CCc1c(C2CCCN2)cc(OC)c(OC)c1Br. The van der Waals surface area contributed by atoms with Crippen molar-refractivity contribution in [1.29, 1.82) is 0 Å². The highest BCUT2D eigenvalue weighted by atomic mass is 79.9. The molecule has 2 rings (SSSR count). The zero-order chi connectivity index (χ0) is 13.1. The normalized spacial score (nSPS) is 19.0. The van der Waals surface area contributed by atoms with E-state index in [9.17, 15) is 0 Å². The van der Waals surface area contributed by atoms with Crippen molar-refractivity contribution in [3.05, 3.63) is 21.7 Å². The summed E-state index contributed by atoms with van der Waals surface area (Å²) in [6, 6.07) is 2.56. The Morgan fingerprint density at radius 2 is 2.17 bits per heavy atom. The molecule has 1 aromatic carbocycles. The number of halogens is 1. The van der Waals surface area contributed by atoms with Crippen molar-refractivity contribution in [2.75, 3.05) is 20.8 Å². The van der Waals surface area contributed by atoms with Crippen molar-refractivity contribution in [3.63, 3.8) is 0 Å². The molecule has 0 bridgehead atoms. The number of methoxy groups -OCH3 is 2.